The lowest BCUT2D eigenvalue weighted by molar-refractivity contribution is -0.274. The van der Waals surface area contributed by atoms with Crippen LogP contribution in [-0.4, -0.2) is 34.1 Å². The highest BCUT2D eigenvalue weighted by atomic mass is 19.4. The predicted octanol–water partition coefficient (Wildman–Crippen LogP) is 4.57. The summed E-state index contributed by atoms with van der Waals surface area (Å²) in [7, 11) is 0. The van der Waals surface area contributed by atoms with Gasteiger partial charge in [0.2, 0.25) is 5.95 Å². The molecule has 0 bridgehead atoms. The quantitative estimate of drug-likeness (QED) is 0.566. The van der Waals surface area contributed by atoms with E-state index in [0.717, 1.165) is 12.1 Å². The Kier molecular flexibility index (Phi) is 6.77. The Labute approximate surface area is 161 Å². The Balaban J connectivity index is 2.34. The highest BCUT2D eigenvalue weighted by Crippen LogP contribution is 2.31. The first-order valence-electron chi connectivity index (χ1n) is 8.34. The van der Waals surface area contributed by atoms with Gasteiger partial charge in [-0.2, -0.15) is 18.2 Å². The van der Waals surface area contributed by atoms with E-state index in [1.807, 2.05) is 0 Å². The van der Waals surface area contributed by atoms with Crippen molar-refractivity contribution in [2.75, 3.05) is 17.2 Å². The Morgan fingerprint density at radius 2 is 1.76 bits per heavy atom. The van der Waals surface area contributed by atoms with Crippen molar-refractivity contribution in [2.24, 2.45) is 5.92 Å². The average molecular weight is 424 g/mol. The van der Waals surface area contributed by atoms with Crippen molar-refractivity contribution in [2.45, 2.75) is 32.4 Å². The lowest BCUT2D eigenvalue weighted by Crippen LogP contribution is -2.30. The van der Waals surface area contributed by atoms with Crippen molar-refractivity contribution in [1.29, 1.82) is 0 Å². The van der Waals surface area contributed by atoms with E-state index >= 15 is 0 Å². The molecular weight excluding hydrogens is 406 g/mol. The molecule has 12 heteroatoms. The molecule has 2 rings (SSSR count). The van der Waals surface area contributed by atoms with E-state index in [4.69, 9.17) is 0 Å². The summed E-state index contributed by atoms with van der Waals surface area (Å²) in [5.41, 5.74) is -1.24. The number of rotatable bonds is 7. The van der Waals surface area contributed by atoms with Crippen LogP contribution in [0, 0.1) is 5.92 Å². The molecular formula is C17H18F6N4O2. The molecule has 1 aromatic carbocycles. The van der Waals surface area contributed by atoms with Gasteiger partial charge in [0.1, 0.15) is 11.6 Å². The lowest BCUT2D eigenvalue weighted by atomic mass is 10.1. The minimum absolute atomic E-state index is 0.0205. The van der Waals surface area contributed by atoms with Crippen LogP contribution in [0.4, 0.5) is 43.8 Å². The number of aliphatic hydroxyl groups is 1. The maximum Gasteiger partial charge on any atom is 0.573 e. The van der Waals surface area contributed by atoms with E-state index in [9.17, 15) is 31.4 Å². The predicted molar refractivity (Wildman–Crippen MR) is 92.8 cm³/mol. The Morgan fingerprint density at radius 1 is 1.07 bits per heavy atom. The molecule has 0 saturated heterocycles. The van der Waals surface area contributed by atoms with Gasteiger partial charge in [0.25, 0.3) is 0 Å². The molecule has 0 aliphatic rings. The normalized spacial score (nSPS) is 13.3. The van der Waals surface area contributed by atoms with Gasteiger partial charge in [-0.1, -0.05) is 19.9 Å². The summed E-state index contributed by atoms with van der Waals surface area (Å²) < 4.78 is 80.3. The van der Waals surface area contributed by atoms with E-state index in [-0.39, 0.29) is 24.0 Å². The molecule has 1 heterocycles. The fourth-order valence-electron chi connectivity index (χ4n) is 2.23. The fourth-order valence-corrected chi connectivity index (χ4v) is 2.23. The van der Waals surface area contributed by atoms with Crippen molar-refractivity contribution in [3.8, 4) is 5.75 Å². The number of nitrogens with one attached hydrogen (secondary N) is 2. The number of hydrogen-bond donors (Lipinski definition) is 3. The maximum atomic E-state index is 13.2. The van der Waals surface area contributed by atoms with Crippen molar-refractivity contribution in [1.82, 2.24) is 9.97 Å². The molecule has 0 spiro atoms. The summed E-state index contributed by atoms with van der Waals surface area (Å²) in [4.78, 5) is 7.32. The number of halogens is 6. The standard InChI is InChI=1S/C17H18F6N4O2/c1-9(2)12(8-28)25-15-26-13(16(18,19)20)7-14(27-15)24-10-4-3-5-11(6-10)29-17(21,22)23/h3-7,9,12,28H,8H2,1-2H3,(H2,24,25,26,27)/t12-/m1/s1. The summed E-state index contributed by atoms with van der Waals surface area (Å²) in [5.74, 6) is -1.38. The van der Waals surface area contributed by atoms with Crippen molar-refractivity contribution in [3.63, 3.8) is 0 Å². The number of alkyl halides is 6. The van der Waals surface area contributed by atoms with Gasteiger partial charge in [0, 0.05) is 17.8 Å². The molecule has 0 fully saturated rings. The fraction of sp³-hybridized carbons (Fsp3) is 0.412. The molecule has 1 aromatic heterocycles. The largest absolute Gasteiger partial charge is 0.573 e. The molecule has 0 unspecified atom stereocenters. The molecule has 160 valence electrons. The molecule has 0 aliphatic heterocycles. The molecule has 0 amide bonds. The topological polar surface area (TPSA) is 79.3 Å². The average Bonchev–Trinajstić information content (AvgIpc) is 2.57. The Morgan fingerprint density at radius 3 is 2.31 bits per heavy atom. The molecule has 1 atom stereocenters. The first-order chi connectivity index (χ1) is 13.4. The van der Waals surface area contributed by atoms with E-state index in [2.05, 4.69) is 25.3 Å². The van der Waals surface area contributed by atoms with Crippen LogP contribution in [0.2, 0.25) is 0 Å². The van der Waals surface area contributed by atoms with Crippen LogP contribution in [0.25, 0.3) is 0 Å². The summed E-state index contributed by atoms with van der Waals surface area (Å²) in [6, 6.07) is 4.58. The second kappa shape index (κ2) is 8.72. The van der Waals surface area contributed by atoms with Gasteiger partial charge in [-0.05, 0) is 18.1 Å². The monoisotopic (exact) mass is 424 g/mol. The van der Waals surface area contributed by atoms with Gasteiger partial charge in [-0.3, -0.25) is 0 Å². The van der Waals surface area contributed by atoms with Crippen LogP contribution in [0.5, 0.6) is 5.75 Å². The Hall–Kier alpha value is -2.76. The maximum absolute atomic E-state index is 13.2. The molecule has 29 heavy (non-hydrogen) atoms. The van der Waals surface area contributed by atoms with Crippen LogP contribution in [0.3, 0.4) is 0 Å². The number of aromatic nitrogens is 2. The minimum atomic E-state index is -4.91. The van der Waals surface area contributed by atoms with Crippen LogP contribution in [0.15, 0.2) is 30.3 Å². The van der Waals surface area contributed by atoms with Gasteiger partial charge < -0.3 is 20.5 Å². The SMILES string of the molecule is CC(C)[C@@H](CO)Nc1nc(Nc2cccc(OC(F)(F)F)c2)cc(C(F)(F)F)n1. The molecule has 0 radical (unpaired) electrons. The third-order valence-electron chi connectivity index (χ3n) is 3.67. The molecule has 0 aliphatic carbocycles. The van der Waals surface area contributed by atoms with Crippen LogP contribution in [-0.2, 0) is 6.18 Å². The van der Waals surface area contributed by atoms with E-state index in [1.165, 1.54) is 12.1 Å². The van der Waals surface area contributed by atoms with E-state index in [1.54, 1.807) is 13.8 Å². The first kappa shape index (κ1) is 22.5. The van der Waals surface area contributed by atoms with Crippen LogP contribution in [0.1, 0.15) is 19.5 Å². The zero-order chi connectivity index (χ0) is 21.8. The van der Waals surface area contributed by atoms with Gasteiger partial charge >= 0.3 is 12.5 Å². The second-order valence-corrected chi connectivity index (χ2v) is 6.34. The zero-order valence-electron chi connectivity index (χ0n) is 15.3. The van der Waals surface area contributed by atoms with Crippen LogP contribution >= 0.6 is 0 Å². The van der Waals surface area contributed by atoms with Gasteiger partial charge in [-0.15, -0.1) is 13.2 Å². The third-order valence-corrected chi connectivity index (χ3v) is 3.67. The van der Waals surface area contributed by atoms with E-state index < -0.39 is 36.0 Å². The summed E-state index contributed by atoms with van der Waals surface area (Å²) >= 11 is 0. The number of ether oxygens (including phenoxy) is 1. The summed E-state index contributed by atoms with van der Waals surface area (Å²) in [6.45, 7) is 3.12. The summed E-state index contributed by atoms with van der Waals surface area (Å²) in [5, 5.41) is 14.5. The smallest absolute Gasteiger partial charge is 0.406 e. The zero-order valence-corrected chi connectivity index (χ0v) is 15.3. The minimum Gasteiger partial charge on any atom is -0.406 e. The Bertz CT molecular complexity index is 826. The number of benzene rings is 1. The molecule has 6 nitrogen and oxygen atoms in total. The van der Waals surface area contributed by atoms with Gasteiger partial charge in [0.05, 0.1) is 12.6 Å². The summed E-state index contributed by atoms with van der Waals surface area (Å²) in [6.07, 6.45) is -9.70. The third kappa shape index (κ3) is 6.97. The number of hydrogen-bond acceptors (Lipinski definition) is 6. The van der Waals surface area contributed by atoms with Crippen LogP contribution < -0.4 is 15.4 Å². The number of aliphatic hydroxyl groups excluding tert-OH is 1. The van der Waals surface area contributed by atoms with Crippen molar-refractivity contribution >= 4 is 17.5 Å². The van der Waals surface area contributed by atoms with Gasteiger partial charge in [-0.25, -0.2) is 4.98 Å². The number of nitrogens with zero attached hydrogens (tertiary/aromatic N) is 2. The molecule has 2 aromatic rings. The van der Waals surface area contributed by atoms with Crippen molar-refractivity contribution < 1.29 is 36.2 Å². The molecule has 0 saturated carbocycles. The van der Waals surface area contributed by atoms with Crippen molar-refractivity contribution in [3.05, 3.63) is 36.0 Å². The lowest BCUT2D eigenvalue weighted by Gasteiger charge is -2.21. The van der Waals surface area contributed by atoms with E-state index in [0.29, 0.717) is 6.07 Å². The highest BCUT2D eigenvalue weighted by Gasteiger charge is 2.34. The highest BCUT2D eigenvalue weighted by molar-refractivity contribution is 5.59. The van der Waals surface area contributed by atoms with Gasteiger partial charge in [0.15, 0.2) is 5.69 Å². The second-order valence-electron chi connectivity index (χ2n) is 6.34. The molecule has 3 N–H and O–H groups in total. The first-order valence-corrected chi connectivity index (χ1v) is 8.34. The number of anilines is 3.